The molecule has 19 heavy (non-hydrogen) atoms. The topological polar surface area (TPSA) is 53.5 Å². The number of amides is 2. The molecule has 4 nitrogen and oxygen atoms in total. The smallest absolute Gasteiger partial charge is 0.333 e. The molecule has 0 aliphatic heterocycles. The van der Waals surface area contributed by atoms with Gasteiger partial charge in [0.1, 0.15) is 0 Å². The van der Waals surface area contributed by atoms with Gasteiger partial charge in [0.05, 0.1) is 6.21 Å². The summed E-state index contributed by atoms with van der Waals surface area (Å²) in [6.07, 6.45) is 1.60. The first-order chi connectivity index (χ1) is 9.24. The fourth-order valence-electron chi connectivity index (χ4n) is 1.39. The van der Waals surface area contributed by atoms with E-state index < -0.39 is 0 Å². The minimum absolute atomic E-state index is 0.354. The summed E-state index contributed by atoms with van der Waals surface area (Å²) in [5.74, 6) is 0. The lowest BCUT2D eigenvalue weighted by molar-refractivity contribution is 0.241. The molecule has 0 spiro atoms. The molecule has 98 valence electrons. The van der Waals surface area contributed by atoms with Gasteiger partial charge in [-0.15, -0.1) is 11.3 Å². The van der Waals surface area contributed by atoms with E-state index in [4.69, 9.17) is 11.6 Å². The van der Waals surface area contributed by atoms with E-state index in [1.165, 1.54) is 0 Å². The number of hydrogen-bond donors (Lipinski definition) is 2. The second-order valence-electron chi connectivity index (χ2n) is 3.70. The standard InChI is InChI=1S/C13H12ClN3OS/c14-11-4-1-3-10(7-11)8-15-13(18)17-16-9-12-5-2-6-19-12/h1-7,9H,8H2,(H2,15,17,18)/b16-9-. The molecule has 1 aromatic heterocycles. The quantitative estimate of drug-likeness (QED) is 0.660. The van der Waals surface area contributed by atoms with Crippen LogP contribution in [0.15, 0.2) is 46.9 Å². The van der Waals surface area contributed by atoms with E-state index in [0.29, 0.717) is 11.6 Å². The Morgan fingerprint density at radius 2 is 2.26 bits per heavy atom. The summed E-state index contributed by atoms with van der Waals surface area (Å²) in [5, 5.41) is 9.12. The molecule has 0 saturated carbocycles. The molecule has 0 atom stereocenters. The molecule has 0 aliphatic rings. The van der Waals surface area contributed by atoms with Gasteiger partial charge in [0.15, 0.2) is 0 Å². The number of carbonyl (C=O) groups excluding carboxylic acids is 1. The van der Waals surface area contributed by atoms with Crippen molar-refractivity contribution in [1.82, 2.24) is 10.7 Å². The number of thiophene rings is 1. The van der Waals surface area contributed by atoms with Gasteiger partial charge in [0.2, 0.25) is 0 Å². The number of hydrazone groups is 1. The lowest BCUT2D eigenvalue weighted by Crippen LogP contribution is -2.31. The molecule has 2 aromatic rings. The van der Waals surface area contributed by atoms with Gasteiger partial charge in [0.25, 0.3) is 0 Å². The summed E-state index contributed by atoms with van der Waals surface area (Å²) in [6.45, 7) is 0.404. The van der Waals surface area contributed by atoms with Crippen molar-refractivity contribution in [2.45, 2.75) is 6.54 Å². The van der Waals surface area contributed by atoms with Crippen LogP contribution in [0.3, 0.4) is 0 Å². The molecule has 2 amide bonds. The molecule has 0 unspecified atom stereocenters. The summed E-state index contributed by atoms with van der Waals surface area (Å²) in [5.41, 5.74) is 3.33. The normalized spacial score (nSPS) is 10.6. The van der Waals surface area contributed by atoms with Crippen molar-refractivity contribution >= 4 is 35.2 Å². The Balaban J connectivity index is 1.76. The van der Waals surface area contributed by atoms with Gasteiger partial charge < -0.3 is 5.32 Å². The van der Waals surface area contributed by atoms with Crippen LogP contribution in [-0.2, 0) is 6.54 Å². The monoisotopic (exact) mass is 293 g/mol. The van der Waals surface area contributed by atoms with E-state index in [2.05, 4.69) is 15.8 Å². The zero-order valence-corrected chi connectivity index (χ0v) is 11.5. The Kier molecular flexibility index (Phi) is 4.94. The Bertz CT molecular complexity index is 569. The van der Waals surface area contributed by atoms with E-state index in [1.807, 2.05) is 29.6 Å². The number of benzene rings is 1. The van der Waals surface area contributed by atoms with Gasteiger partial charge in [-0.05, 0) is 29.1 Å². The summed E-state index contributed by atoms with van der Waals surface area (Å²) in [7, 11) is 0. The van der Waals surface area contributed by atoms with Crippen LogP contribution in [0.25, 0.3) is 0 Å². The van der Waals surface area contributed by atoms with E-state index >= 15 is 0 Å². The van der Waals surface area contributed by atoms with Gasteiger partial charge >= 0.3 is 6.03 Å². The van der Waals surface area contributed by atoms with Crippen LogP contribution in [0.4, 0.5) is 4.79 Å². The molecule has 6 heteroatoms. The van der Waals surface area contributed by atoms with Crippen molar-refractivity contribution in [1.29, 1.82) is 0 Å². The molecule has 0 aliphatic carbocycles. The van der Waals surface area contributed by atoms with Crippen LogP contribution < -0.4 is 10.7 Å². The molecule has 2 N–H and O–H groups in total. The second-order valence-corrected chi connectivity index (χ2v) is 5.11. The average Bonchev–Trinajstić information content (AvgIpc) is 2.90. The molecular weight excluding hydrogens is 282 g/mol. The number of rotatable bonds is 4. The first-order valence-electron chi connectivity index (χ1n) is 5.59. The molecule has 0 radical (unpaired) electrons. The molecule has 1 aromatic carbocycles. The maximum Gasteiger partial charge on any atom is 0.335 e. The predicted molar refractivity (Wildman–Crippen MR) is 78.7 cm³/mol. The van der Waals surface area contributed by atoms with E-state index in [-0.39, 0.29) is 6.03 Å². The van der Waals surface area contributed by atoms with Gasteiger partial charge in [-0.2, -0.15) is 5.10 Å². The highest BCUT2D eigenvalue weighted by molar-refractivity contribution is 7.11. The summed E-state index contributed by atoms with van der Waals surface area (Å²) >= 11 is 7.40. The summed E-state index contributed by atoms with van der Waals surface area (Å²) < 4.78 is 0. The summed E-state index contributed by atoms with van der Waals surface area (Å²) in [6, 6.07) is 10.8. The highest BCUT2D eigenvalue weighted by Crippen LogP contribution is 2.10. The number of nitrogens with one attached hydrogen (secondary N) is 2. The Morgan fingerprint density at radius 3 is 3.00 bits per heavy atom. The van der Waals surface area contributed by atoms with E-state index in [9.17, 15) is 4.79 Å². The van der Waals surface area contributed by atoms with E-state index in [0.717, 1.165) is 10.4 Å². The van der Waals surface area contributed by atoms with Crippen molar-refractivity contribution in [2.75, 3.05) is 0 Å². The van der Waals surface area contributed by atoms with Crippen molar-refractivity contribution < 1.29 is 4.79 Å². The number of urea groups is 1. The molecular formula is C13H12ClN3OS. The maximum atomic E-state index is 11.5. The number of nitrogens with zero attached hydrogens (tertiary/aromatic N) is 1. The van der Waals surface area contributed by atoms with Crippen LogP contribution in [0.5, 0.6) is 0 Å². The third-order valence-corrected chi connectivity index (χ3v) is 3.29. The number of hydrogen-bond acceptors (Lipinski definition) is 3. The molecule has 0 saturated heterocycles. The third kappa shape index (κ3) is 4.73. The minimum atomic E-state index is -0.354. The lowest BCUT2D eigenvalue weighted by atomic mass is 10.2. The molecule has 2 rings (SSSR count). The zero-order chi connectivity index (χ0) is 13.5. The first-order valence-corrected chi connectivity index (χ1v) is 6.84. The maximum absolute atomic E-state index is 11.5. The van der Waals surface area contributed by atoms with Gasteiger partial charge in [-0.25, -0.2) is 10.2 Å². The highest BCUT2D eigenvalue weighted by atomic mass is 35.5. The van der Waals surface area contributed by atoms with Crippen LogP contribution in [0, 0.1) is 0 Å². The van der Waals surface area contributed by atoms with Crippen molar-refractivity contribution in [3.05, 3.63) is 57.2 Å². The third-order valence-electron chi connectivity index (χ3n) is 2.24. The Morgan fingerprint density at radius 1 is 1.37 bits per heavy atom. The largest absolute Gasteiger partial charge is 0.335 e. The van der Waals surface area contributed by atoms with Gasteiger partial charge in [0, 0.05) is 16.4 Å². The fourth-order valence-corrected chi connectivity index (χ4v) is 2.19. The molecule has 0 fully saturated rings. The Labute approximate surface area is 120 Å². The number of carbonyl (C=O) groups is 1. The van der Waals surface area contributed by atoms with Crippen molar-refractivity contribution in [2.24, 2.45) is 5.10 Å². The lowest BCUT2D eigenvalue weighted by Gasteiger charge is -2.04. The van der Waals surface area contributed by atoms with Crippen LogP contribution in [0.1, 0.15) is 10.4 Å². The van der Waals surface area contributed by atoms with Crippen molar-refractivity contribution in [3.63, 3.8) is 0 Å². The van der Waals surface area contributed by atoms with Crippen LogP contribution in [0.2, 0.25) is 5.02 Å². The minimum Gasteiger partial charge on any atom is -0.333 e. The van der Waals surface area contributed by atoms with Gasteiger partial charge in [-0.1, -0.05) is 29.8 Å². The van der Waals surface area contributed by atoms with Crippen LogP contribution in [-0.4, -0.2) is 12.2 Å². The first kappa shape index (κ1) is 13.6. The zero-order valence-electron chi connectivity index (χ0n) is 9.97. The molecule has 0 bridgehead atoms. The van der Waals surface area contributed by atoms with Crippen LogP contribution >= 0.6 is 22.9 Å². The average molecular weight is 294 g/mol. The predicted octanol–water partition coefficient (Wildman–Crippen LogP) is 3.23. The SMILES string of the molecule is O=C(NCc1cccc(Cl)c1)N/N=C\c1cccs1. The fraction of sp³-hybridized carbons (Fsp3) is 0.0769. The summed E-state index contributed by atoms with van der Waals surface area (Å²) in [4.78, 5) is 12.4. The second kappa shape index (κ2) is 6.92. The highest BCUT2D eigenvalue weighted by Gasteiger charge is 1.99. The number of halogens is 1. The van der Waals surface area contributed by atoms with Gasteiger partial charge in [-0.3, -0.25) is 0 Å². The van der Waals surface area contributed by atoms with Crippen molar-refractivity contribution in [3.8, 4) is 0 Å². The van der Waals surface area contributed by atoms with E-state index in [1.54, 1.807) is 29.7 Å². The Hall–Kier alpha value is -1.85. The molecule has 1 heterocycles.